The summed E-state index contributed by atoms with van der Waals surface area (Å²) >= 11 is 0. The number of methoxy groups -OCH3 is 2. The van der Waals surface area contributed by atoms with Crippen LogP contribution in [0, 0.1) is 12.8 Å². The fraction of sp³-hybridized carbons (Fsp3) is 0.688. The van der Waals surface area contributed by atoms with E-state index in [-0.39, 0.29) is 24.3 Å². The topological polar surface area (TPSA) is 85.7 Å². The predicted octanol–water partition coefficient (Wildman–Crippen LogP) is 0.0271. The number of aryl methyl sites for hydroxylation is 1. The van der Waals surface area contributed by atoms with Gasteiger partial charge in [0, 0.05) is 52.0 Å². The van der Waals surface area contributed by atoms with Crippen molar-refractivity contribution in [3.63, 3.8) is 0 Å². The van der Waals surface area contributed by atoms with Crippen LogP contribution in [0.1, 0.15) is 23.7 Å². The highest BCUT2D eigenvalue weighted by Gasteiger charge is 2.45. The molecule has 134 valence electrons. The molecular weight excluding hydrogens is 312 g/mol. The summed E-state index contributed by atoms with van der Waals surface area (Å²) in [6.07, 6.45) is 1.94. The Kier molecular flexibility index (Phi) is 6.33. The third kappa shape index (κ3) is 3.76. The second-order valence-electron chi connectivity index (χ2n) is 5.93. The fourth-order valence-corrected chi connectivity index (χ4v) is 3.08. The summed E-state index contributed by atoms with van der Waals surface area (Å²) in [6.45, 7) is 3.70. The summed E-state index contributed by atoms with van der Waals surface area (Å²) in [7, 11) is 5.03. The van der Waals surface area contributed by atoms with Crippen molar-refractivity contribution >= 4 is 11.8 Å². The van der Waals surface area contributed by atoms with E-state index >= 15 is 0 Å². The molecule has 0 aliphatic carbocycles. The SMILES string of the molecule is COCCNC(=O)[C@H]1CC(=O)N(CCOC)[C@@H]1c1cnn(C)c1C. The molecule has 8 nitrogen and oxygen atoms in total. The number of nitrogens with one attached hydrogen (secondary N) is 1. The van der Waals surface area contributed by atoms with E-state index in [1.807, 2.05) is 14.0 Å². The highest BCUT2D eigenvalue weighted by Crippen LogP contribution is 2.39. The van der Waals surface area contributed by atoms with Gasteiger partial charge in [0.2, 0.25) is 11.8 Å². The monoisotopic (exact) mass is 338 g/mol. The lowest BCUT2D eigenvalue weighted by Crippen LogP contribution is -2.38. The molecule has 0 radical (unpaired) electrons. The lowest BCUT2D eigenvalue weighted by atomic mass is 9.93. The lowest BCUT2D eigenvalue weighted by molar-refractivity contribution is -0.129. The Balaban J connectivity index is 2.26. The number of carbonyl (C=O) groups excluding carboxylic acids is 2. The van der Waals surface area contributed by atoms with E-state index in [1.165, 1.54) is 0 Å². The highest BCUT2D eigenvalue weighted by atomic mass is 16.5. The zero-order valence-electron chi connectivity index (χ0n) is 14.7. The molecule has 0 spiro atoms. The predicted molar refractivity (Wildman–Crippen MR) is 87.3 cm³/mol. The molecule has 1 N–H and O–H groups in total. The second-order valence-corrected chi connectivity index (χ2v) is 5.93. The number of carbonyl (C=O) groups is 2. The van der Waals surface area contributed by atoms with E-state index in [0.717, 1.165) is 11.3 Å². The van der Waals surface area contributed by atoms with E-state index in [1.54, 1.807) is 30.0 Å². The number of nitrogens with zero attached hydrogens (tertiary/aromatic N) is 3. The van der Waals surface area contributed by atoms with Crippen molar-refractivity contribution in [1.29, 1.82) is 0 Å². The van der Waals surface area contributed by atoms with Gasteiger partial charge >= 0.3 is 0 Å². The molecule has 0 saturated carbocycles. The number of aromatic nitrogens is 2. The van der Waals surface area contributed by atoms with Crippen LogP contribution in [0.15, 0.2) is 6.20 Å². The summed E-state index contributed by atoms with van der Waals surface area (Å²) in [5.74, 6) is -0.602. The molecule has 2 amide bonds. The third-order valence-corrected chi connectivity index (χ3v) is 4.50. The van der Waals surface area contributed by atoms with Crippen molar-refractivity contribution in [2.24, 2.45) is 13.0 Å². The molecule has 0 bridgehead atoms. The van der Waals surface area contributed by atoms with Crippen molar-refractivity contribution in [3.8, 4) is 0 Å². The van der Waals surface area contributed by atoms with Crippen molar-refractivity contribution in [3.05, 3.63) is 17.5 Å². The van der Waals surface area contributed by atoms with Gasteiger partial charge < -0.3 is 19.7 Å². The molecule has 2 heterocycles. The van der Waals surface area contributed by atoms with E-state index in [2.05, 4.69) is 10.4 Å². The molecule has 8 heteroatoms. The zero-order valence-corrected chi connectivity index (χ0v) is 14.7. The zero-order chi connectivity index (χ0) is 17.7. The molecule has 24 heavy (non-hydrogen) atoms. The number of hydrogen-bond acceptors (Lipinski definition) is 5. The molecule has 1 aliphatic rings. The van der Waals surface area contributed by atoms with Crippen LogP contribution in [0.3, 0.4) is 0 Å². The Morgan fingerprint density at radius 2 is 2.08 bits per heavy atom. The quantitative estimate of drug-likeness (QED) is 0.676. The Morgan fingerprint density at radius 3 is 2.67 bits per heavy atom. The standard InChI is InChI=1S/C16H26N4O4/c1-11-13(10-18-19(11)2)15-12(16(22)17-5-7-23-3)9-14(21)20(15)6-8-24-4/h10,12,15H,5-9H2,1-4H3,(H,17,22)/t12-,15-/m0/s1. The van der Waals surface area contributed by atoms with Crippen LogP contribution in [-0.4, -0.2) is 67.0 Å². The van der Waals surface area contributed by atoms with Crippen LogP contribution >= 0.6 is 0 Å². The van der Waals surface area contributed by atoms with Gasteiger partial charge in [0.15, 0.2) is 0 Å². The van der Waals surface area contributed by atoms with Crippen LogP contribution in [0.25, 0.3) is 0 Å². The van der Waals surface area contributed by atoms with Crippen LogP contribution in [-0.2, 0) is 26.1 Å². The summed E-state index contributed by atoms with van der Waals surface area (Å²) in [4.78, 5) is 26.8. The van der Waals surface area contributed by atoms with Gasteiger partial charge in [0.1, 0.15) is 0 Å². The number of ether oxygens (including phenoxy) is 2. The molecule has 2 rings (SSSR count). The van der Waals surface area contributed by atoms with Crippen LogP contribution in [0.4, 0.5) is 0 Å². The average Bonchev–Trinajstić information content (AvgIpc) is 3.06. The molecule has 0 aromatic carbocycles. The van der Waals surface area contributed by atoms with Gasteiger partial charge in [-0.15, -0.1) is 0 Å². The second kappa shape index (κ2) is 8.25. The van der Waals surface area contributed by atoms with Gasteiger partial charge in [-0.05, 0) is 6.92 Å². The number of likely N-dealkylation sites (tertiary alicyclic amines) is 1. The van der Waals surface area contributed by atoms with Gasteiger partial charge in [-0.25, -0.2) is 0 Å². The largest absolute Gasteiger partial charge is 0.383 e. The minimum Gasteiger partial charge on any atom is -0.383 e. The fourth-order valence-electron chi connectivity index (χ4n) is 3.08. The van der Waals surface area contributed by atoms with Crippen molar-refractivity contribution in [1.82, 2.24) is 20.0 Å². The smallest absolute Gasteiger partial charge is 0.226 e. The van der Waals surface area contributed by atoms with Gasteiger partial charge in [-0.1, -0.05) is 0 Å². The van der Waals surface area contributed by atoms with Crippen LogP contribution < -0.4 is 5.32 Å². The van der Waals surface area contributed by atoms with Gasteiger partial charge in [-0.2, -0.15) is 5.10 Å². The number of amides is 2. The summed E-state index contributed by atoms with van der Waals surface area (Å²) in [5.41, 5.74) is 1.86. The normalized spacial score (nSPS) is 20.7. The van der Waals surface area contributed by atoms with Gasteiger partial charge in [-0.3, -0.25) is 14.3 Å². The summed E-state index contributed by atoms with van der Waals surface area (Å²) in [5, 5.41) is 7.11. The van der Waals surface area contributed by atoms with Crippen molar-refractivity contribution < 1.29 is 19.1 Å². The average molecular weight is 338 g/mol. The molecule has 1 fully saturated rings. The summed E-state index contributed by atoms with van der Waals surface area (Å²) in [6, 6.07) is -0.316. The molecule has 1 aromatic heterocycles. The third-order valence-electron chi connectivity index (χ3n) is 4.50. The van der Waals surface area contributed by atoms with Crippen molar-refractivity contribution in [2.45, 2.75) is 19.4 Å². The van der Waals surface area contributed by atoms with Gasteiger partial charge in [0.25, 0.3) is 0 Å². The van der Waals surface area contributed by atoms with E-state index in [0.29, 0.717) is 26.3 Å². The molecule has 2 atom stereocenters. The number of hydrogen-bond donors (Lipinski definition) is 1. The maximum atomic E-state index is 12.6. The van der Waals surface area contributed by atoms with Gasteiger partial charge in [0.05, 0.1) is 31.4 Å². The first kappa shape index (κ1) is 18.4. The first-order valence-corrected chi connectivity index (χ1v) is 8.04. The Labute approximate surface area is 142 Å². The van der Waals surface area contributed by atoms with Crippen LogP contribution in [0.2, 0.25) is 0 Å². The highest BCUT2D eigenvalue weighted by molar-refractivity contribution is 5.90. The Bertz CT molecular complexity index is 587. The minimum absolute atomic E-state index is 0.0350. The van der Waals surface area contributed by atoms with Crippen molar-refractivity contribution in [2.75, 3.05) is 40.5 Å². The number of rotatable bonds is 8. The Morgan fingerprint density at radius 1 is 1.38 bits per heavy atom. The molecule has 1 aromatic rings. The molecule has 0 unspecified atom stereocenters. The molecular formula is C16H26N4O4. The van der Waals surface area contributed by atoms with E-state index in [4.69, 9.17) is 9.47 Å². The first-order chi connectivity index (χ1) is 11.5. The Hall–Kier alpha value is -1.93. The minimum atomic E-state index is -0.436. The van der Waals surface area contributed by atoms with E-state index < -0.39 is 5.92 Å². The first-order valence-electron chi connectivity index (χ1n) is 8.04. The molecule has 1 saturated heterocycles. The lowest BCUT2D eigenvalue weighted by Gasteiger charge is -2.27. The maximum absolute atomic E-state index is 12.6. The molecule has 1 aliphatic heterocycles. The van der Waals surface area contributed by atoms with E-state index in [9.17, 15) is 9.59 Å². The summed E-state index contributed by atoms with van der Waals surface area (Å²) < 4.78 is 11.8. The maximum Gasteiger partial charge on any atom is 0.226 e. The van der Waals surface area contributed by atoms with Crippen LogP contribution in [0.5, 0.6) is 0 Å².